The van der Waals surface area contributed by atoms with Crippen LogP contribution in [0.1, 0.15) is 36.1 Å². The second kappa shape index (κ2) is 8.33. The molecule has 1 aromatic carbocycles. The number of hydrogen-bond donors (Lipinski definition) is 0. The van der Waals surface area contributed by atoms with Crippen LogP contribution in [0.3, 0.4) is 0 Å². The van der Waals surface area contributed by atoms with E-state index in [2.05, 4.69) is 6.07 Å². The number of aromatic nitrogens is 2. The fourth-order valence-corrected chi connectivity index (χ4v) is 5.81. The number of carbonyl (C=O) groups is 1. The Labute approximate surface area is 173 Å². The number of thioether (sulfide) groups is 2. The first kappa shape index (κ1) is 19.6. The van der Waals surface area contributed by atoms with Crippen molar-refractivity contribution in [3.63, 3.8) is 0 Å². The van der Waals surface area contributed by atoms with Crippen molar-refractivity contribution in [3.05, 3.63) is 45.4 Å². The van der Waals surface area contributed by atoms with E-state index in [0.717, 1.165) is 65.5 Å². The number of likely N-dealkylation sites (tertiary alicyclic amines) is 1. The molecule has 0 atom stereocenters. The fourth-order valence-electron chi connectivity index (χ4n) is 3.86. The molecule has 28 heavy (non-hydrogen) atoms. The first-order chi connectivity index (χ1) is 13.5. The molecule has 7 heteroatoms. The van der Waals surface area contributed by atoms with Gasteiger partial charge >= 0.3 is 0 Å². The fraction of sp³-hybridized carbons (Fsp3) is 0.476. The van der Waals surface area contributed by atoms with Gasteiger partial charge in [0.2, 0.25) is 5.91 Å². The predicted octanol–water partition coefficient (Wildman–Crippen LogP) is 3.60. The van der Waals surface area contributed by atoms with Gasteiger partial charge in [-0.2, -0.15) is 0 Å². The summed E-state index contributed by atoms with van der Waals surface area (Å²) in [6.07, 6.45) is 4.18. The van der Waals surface area contributed by atoms with Gasteiger partial charge in [-0.1, -0.05) is 17.8 Å². The van der Waals surface area contributed by atoms with E-state index in [9.17, 15) is 9.59 Å². The molecule has 4 rings (SSSR count). The Morgan fingerprint density at radius 2 is 1.86 bits per heavy atom. The van der Waals surface area contributed by atoms with Crippen molar-refractivity contribution in [1.82, 2.24) is 14.5 Å². The highest BCUT2D eigenvalue weighted by molar-refractivity contribution is 8.00. The largest absolute Gasteiger partial charge is 0.342 e. The van der Waals surface area contributed by atoms with E-state index in [0.29, 0.717) is 10.9 Å². The van der Waals surface area contributed by atoms with Gasteiger partial charge in [-0.25, -0.2) is 4.98 Å². The zero-order valence-corrected chi connectivity index (χ0v) is 18.0. The second-order valence-electron chi connectivity index (χ2n) is 7.49. The molecule has 1 saturated heterocycles. The molecule has 2 aliphatic rings. The number of hydrogen-bond acceptors (Lipinski definition) is 5. The van der Waals surface area contributed by atoms with Crippen LogP contribution in [0.25, 0.3) is 5.69 Å². The first-order valence-electron chi connectivity index (χ1n) is 9.81. The zero-order valence-electron chi connectivity index (χ0n) is 16.4. The minimum absolute atomic E-state index is 0.00887. The molecule has 0 N–H and O–H groups in total. The van der Waals surface area contributed by atoms with Crippen LogP contribution in [0.4, 0.5) is 0 Å². The lowest BCUT2D eigenvalue weighted by Gasteiger charge is -2.26. The maximum Gasteiger partial charge on any atom is 0.272 e. The van der Waals surface area contributed by atoms with Crippen molar-refractivity contribution in [1.29, 1.82) is 0 Å². The maximum absolute atomic E-state index is 13.2. The lowest BCUT2D eigenvalue weighted by Crippen LogP contribution is -2.37. The molecule has 148 valence electrons. The van der Waals surface area contributed by atoms with Crippen LogP contribution in [0.5, 0.6) is 0 Å². The van der Waals surface area contributed by atoms with E-state index in [1.54, 1.807) is 16.3 Å². The lowest BCUT2D eigenvalue weighted by atomic mass is 10.1. The van der Waals surface area contributed by atoms with Crippen molar-refractivity contribution in [2.45, 2.75) is 49.6 Å². The third-order valence-electron chi connectivity index (χ3n) is 5.16. The Morgan fingerprint density at radius 3 is 2.57 bits per heavy atom. The zero-order chi connectivity index (χ0) is 19.7. The summed E-state index contributed by atoms with van der Waals surface area (Å²) in [6.45, 7) is 5.75. The number of rotatable bonds is 4. The summed E-state index contributed by atoms with van der Waals surface area (Å²) in [6, 6.07) is 6.12. The van der Waals surface area contributed by atoms with E-state index < -0.39 is 0 Å². The molecule has 0 bridgehead atoms. The van der Waals surface area contributed by atoms with Crippen LogP contribution in [0.15, 0.2) is 33.0 Å². The van der Waals surface area contributed by atoms with E-state index >= 15 is 0 Å². The SMILES string of the molecule is Cc1cc(C)cc(-n2c(SCC(=O)N3CCCCC3)nc3c(c2=O)SCC3)c1. The average Bonchev–Trinajstić information content (AvgIpc) is 3.15. The third kappa shape index (κ3) is 4.01. The van der Waals surface area contributed by atoms with Crippen LogP contribution >= 0.6 is 23.5 Å². The van der Waals surface area contributed by atoms with Gasteiger partial charge in [-0.05, 0) is 56.4 Å². The van der Waals surface area contributed by atoms with Gasteiger partial charge in [-0.15, -0.1) is 11.8 Å². The summed E-state index contributed by atoms with van der Waals surface area (Å²) in [5.74, 6) is 1.36. The smallest absolute Gasteiger partial charge is 0.272 e. The molecule has 2 aromatic rings. The number of amides is 1. The minimum atomic E-state index is -0.00887. The monoisotopic (exact) mass is 415 g/mol. The molecule has 0 radical (unpaired) electrons. The third-order valence-corrected chi connectivity index (χ3v) is 7.20. The molecule has 1 fully saturated rings. The highest BCUT2D eigenvalue weighted by Gasteiger charge is 2.24. The van der Waals surface area contributed by atoms with Crippen LogP contribution < -0.4 is 5.56 Å². The number of nitrogens with zero attached hydrogens (tertiary/aromatic N) is 3. The van der Waals surface area contributed by atoms with Crippen molar-refractivity contribution in [2.24, 2.45) is 0 Å². The maximum atomic E-state index is 13.2. The van der Waals surface area contributed by atoms with Gasteiger partial charge in [-0.3, -0.25) is 14.2 Å². The normalized spacial score (nSPS) is 16.3. The molecule has 1 aromatic heterocycles. The highest BCUT2D eigenvalue weighted by atomic mass is 32.2. The highest BCUT2D eigenvalue weighted by Crippen LogP contribution is 2.30. The number of benzene rings is 1. The first-order valence-corrected chi connectivity index (χ1v) is 11.8. The van der Waals surface area contributed by atoms with Crippen LogP contribution in [-0.2, 0) is 11.2 Å². The van der Waals surface area contributed by atoms with Gasteiger partial charge in [0, 0.05) is 25.3 Å². The Bertz CT molecular complexity index is 945. The standard InChI is InChI=1S/C21H25N3O2S2/c1-14-10-15(2)12-16(11-14)24-20(26)19-17(6-9-27-19)22-21(24)28-13-18(25)23-7-4-3-5-8-23/h10-12H,3-9,13H2,1-2H3. The summed E-state index contributed by atoms with van der Waals surface area (Å²) in [7, 11) is 0. The van der Waals surface area contributed by atoms with E-state index in [1.165, 1.54) is 18.2 Å². The van der Waals surface area contributed by atoms with Crippen LogP contribution in [0, 0.1) is 13.8 Å². The predicted molar refractivity (Wildman–Crippen MR) is 115 cm³/mol. The minimum Gasteiger partial charge on any atom is -0.342 e. The molecule has 0 spiro atoms. The van der Waals surface area contributed by atoms with E-state index in [1.807, 2.05) is 30.9 Å². The van der Waals surface area contributed by atoms with E-state index in [4.69, 9.17) is 4.98 Å². The molecular weight excluding hydrogens is 390 g/mol. The molecule has 5 nitrogen and oxygen atoms in total. The molecule has 0 unspecified atom stereocenters. The van der Waals surface area contributed by atoms with Gasteiger partial charge in [0.1, 0.15) is 0 Å². The lowest BCUT2D eigenvalue weighted by molar-refractivity contribution is -0.129. The topological polar surface area (TPSA) is 55.2 Å². The molecule has 3 heterocycles. The van der Waals surface area contributed by atoms with Gasteiger partial charge in [0.15, 0.2) is 5.16 Å². The molecule has 2 aliphatic heterocycles. The number of piperidine rings is 1. The number of aryl methyl sites for hydroxylation is 3. The van der Waals surface area contributed by atoms with Crippen LogP contribution in [-0.4, -0.2) is 45.0 Å². The summed E-state index contributed by atoms with van der Waals surface area (Å²) in [5, 5.41) is 0.626. The molecule has 0 saturated carbocycles. The summed E-state index contributed by atoms with van der Waals surface area (Å²) < 4.78 is 1.70. The molecule has 1 amide bonds. The Morgan fingerprint density at radius 1 is 1.14 bits per heavy atom. The molecular formula is C21H25N3O2S2. The van der Waals surface area contributed by atoms with Gasteiger partial charge < -0.3 is 4.90 Å². The van der Waals surface area contributed by atoms with Crippen molar-refractivity contribution < 1.29 is 4.79 Å². The van der Waals surface area contributed by atoms with Crippen molar-refractivity contribution in [2.75, 3.05) is 24.6 Å². The Balaban J connectivity index is 1.68. The van der Waals surface area contributed by atoms with Gasteiger partial charge in [0.25, 0.3) is 5.56 Å². The van der Waals surface area contributed by atoms with Crippen molar-refractivity contribution in [3.8, 4) is 5.69 Å². The molecule has 0 aliphatic carbocycles. The summed E-state index contributed by atoms with van der Waals surface area (Å²) in [5.41, 5.74) is 3.91. The summed E-state index contributed by atoms with van der Waals surface area (Å²) in [4.78, 5) is 33.4. The van der Waals surface area contributed by atoms with Crippen LogP contribution in [0.2, 0.25) is 0 Å². The van der Waals surface area contributed by atoms with Gasteiger partial charge in [0.05, 0.1) is 22.0 Å². The Hall–Kier alpha value is -1.73. The van der Waals surface area contributed by atoms with Crippen molar-refractivity contribution >= 4 is 29.4 Å². The quantitative estimate of drug-likeness (QED) is 0.564. The number of carbonyl (C=O) groups excluding carboxylic acids is 1. The average molecular weight is 416 g/mol. The Kier molecular flexibility index (Phi) is 5.83. The number of fused-ring (bicyclic) bond motifs is 1. The van der Waals surface area contributed by atoms with E-state index in [-0.39, 0.29) is 11.5 Å². The summed E-state index contributed by atoms with van der Waals surface area (Å²) >= 11 is 2.97. The second-order valence-corrected chi connectivity index (χ2v) is 9.53.